The Hall–Kier alpha value is -3.50. The van der Waals surface area contributed by atoms with Gasteiger partial charge in [0.05, 0.1) is 16.1 Å². The number of nitriles is 1. The molecule has 3 rings (SSSR count). The first-order valence-electron chi connectivity index (χ1n) is 9.40. The summed E-state index contributed by atoms with van der Waals surface area (Å²) < 4.78 is 33.7. The van der Waals surface area contributed by atoms with E-state index in [2.05, 4.69) is 0 Å². The molecule has 0 heterocycles. The van der Waals surface area contributed by atoms with E-state index in [4.69, 9.17) is 10.00 Å². The highest BCUT2D eigenvalue weighted by Crippen LogP contribution is 2.30. The van der Waals surface area contributed by atoms with Gasteiger partial charge in [-0.3, -0.25) is 4.31 Å². The third-order valence-electron chi connectivity index (χ3n) is 4.31. The van der Waals surface area contributed by atoms with Crippen molar-refractivity contribution in [2.24, 2.45) is 5.92 Å². The number of anilines is 1. The number of ether oxygens (including phenoxy) is 1. The highest BCUT2D eigenvalue weighted by molar-refractivity contribution is 7.92. The molecule has 0 radical (unpaired) electrons. The van der Waals surface area contributed by atoms with Gasteiger partial charge in [-0.25, -0.2) is 8.42 Å². The number of hydrogen-bond acceptors (Lipinski definition) is 5. The van der Waals surface area contributed by atoms with Crippen LogP contribution in [0.15, 0.2) is 77.7 Å². The van der Waals surface area contributed by atoms with Crippen molar-refractivity contribution in [3.05, 3.63) is 78.4 Å². The number of aromatic hydroxyl groups is 1. The minimum atomic E-state index is -3.89. The molecule has 0 fully saturated rings. The Labute approximate surface area is 176 Å². The van der Waals surface area contributed by atoms with Crippen LogP contribution in [-0.4, -0.2) is 20.1 Å². The first-order valence-corrected chi connectivity index (χ1v) is 10.8. The normalized spacial score (nSPS) is 11.1. The zero-order valence-electron chi connectivity index (χ0n) is 16.7. The quantitative estimate of drug-likeness (QED) is 0.584. The van der Waals surface area contributed by atoms with Gasteiger partial charge in [0.2, 0.25) is 0 Å². The molecule has 3 aromatic carbocycles. The largest absolute Gasteiger partial charge is 0.506 e. The van der Waals surface area contributed by atoms with Crippen molar-refractivity contribution < 1.29 is 18.3 Å². The highest BCUT2D eigenvalue weighted by Gasteiger charge is 2.26. The fourth-order valence-electron chi connectivity index (χ4n) is 2.88. The third-order valence-corrected chi connectivity index (χ3v) is 6.12. The Balaban J connectivity index is 1.93. The number of phenolic OH excluding ortho intramolecular Hbond substituents is 1. The predicted molar refractivity (Wildman–Crippen MR) is 115 cm³/mol. The standard InChI is InChI=1S/C23H22N2O4S/c1-17(2)16-25(19-9-8-18(15-24)23(26)14-19)30(27,28)22-12-10-21(11-13-22)29-20-6-4-3-5-7-20/h3-14,17,26H,16H2,1-2H3. The third kappa shape index (κ3) is 4.73. The van der Waals surface area contributed by atoms with E-state index in [0.29, 0.717) is 17.2 Å². The zero-order valence-corrected chi connectivity index (χ0v) is 17.5. The summed E-state index contributed by atoms with van der Waals surface area (Å²) in [6.07, 6.45) is 0. The van der Waals surface area contributed by atoms with Gasteiger partial charge in [0.15, 0.2) is 0 Å². The number of benzene rings is 3. The molecule has 0 atom stereocenters. The van der Waals surface area contributed by atoms with Gasteiger partial charge in [-0.1, -0.05) is 32.0 Å². The number of phenols is 1. The topological polar surface area (TPSA) is 90.6 Å². The number of hydrogen-bond donors (Lipinski definition) is 1. The van der Waals surface area contributed by atoms with Gasteiger partial charge in [0.25, 0.3) is 10.0 Å². The van der Waals surface area contributed by atoms with Crippen LogP contribution in [0.2, 0.25) is 0 Å². The van der Waals surface area contributed by atoms with Crippen LogP contribution < -0.4 is 9.04 Å². The van der Waals surface area contributed by atoms with E-state index in [1.54, 1.807) is 12.1 Å². The lowest BCUT2D eigenvalue weighted by Crippen LogP contribution is -2.34. The minimum Gasteiger partial charge on any atom is -0.506 e. The van der Waals surface area contributed by atoms with Gasteiger partial charge >= 0.3 is 0 Å². The lowest BCUT2D eigenvalue weighted by molar-refractivity contribution is 0.473. The first kappa shape index (κ1) is 21.2. The van der Waals surface area contributed by atoms with Crippen LogP contribution in [0.1, 0.15) is 19.4 Å². The van der Waals surface area contributed by atoms with E-state index in [0.717, 1.165) is 0 Å². The molecule has 0 bridgehead atoms. The van der Waals surface area contributed by atoms with Gasteiger partial charge in [0, 0.05) is 12.6 Å². The lowest BCUT2D eigenvalue weighted by Gasteiger charge is -2.26. The molecule has 7 heteroatoms. The minimum absolute atomic E-state index is 0.0400. The summed E-state index contributed by atoms with van der Waals surface area (Å²) in [5.41, 5.74) is 0.382. The monoisotopic (exact) mass is 422 g/mol. The maximum Gasteiger partial charge on any atom is 0.264 e. The zero-order chi connectivity index (χ0) is 21.7. The molecule has 0 aliphatic rings. The van der Waals surface area contributed by atoms with Crippen LogP contribution >= 0.6 is 0 Å². The van der Waals surface area contributed by atoms with E-state index in [-0.39, 0.29) is 28.7 Å². The van der Waals surface area contributed by atoms with Crippen molar-refractivity contribution in [1.29, 1.82) is 5.26 Å². The molecule has 30 heavy (non-hydrogen) atoms. The van der Waals surface area contributed by atoms with E-state index in [1.807, 2.05) is 50.2 Å². The van der Waals surface area contributed by atoms with Crippen molar-refractivity contribution in [1.82, 2.24) is 0 Å². The van der Waals surface area contributed by atoms with Crippen molar-refractivity contribution in [3.8, 4) is 23.3 Å². The van der Waals surface area contributed by atoms with Gasteiger partial charge in [0.1, 0.15) is 23.3 Å². The second-order valence-corrected chi connectivity index (χ2v) is 8.99. The molecule has 0 amide bonds. The average molecular weight is 423 g/mol. The smallest absolute Gasteiger partial charge is 0.264 e. The summed E-state index contributed by atoms with van der Waals surface area (Å²) >= 11 is 0. The van der Waals surface area contributed by atoms with Crippen molar-refractivity contribution in [2.45, 2.75) is 18.7 Å². The molecule has 154 valence electrons. The fourth-order valence-corrected chi connectivity index (χ4v) is 4.50. The molecule has 0 aliphatic heterocycles. The first-order chi connectivity index (χ1) is 14.3. The summed E-state index contributed by atoms with van der Waals surface area (Å²) in [5.74, 6) is 0.956. The van der Waals surface area contributed by atoms with Crippen LogP contribution in [0.3, 0.4) is 0 Å². The Kier molecular flexibility index (Phi) is 6.28. The molecule has 1 N–H and O–H groups in total. The SMILES string of the molecule is CC(C)CN(c1ccc(C#N)c(O)c1)S(=O)(=O)c1ccc(Oc2ccccc2)cc1. The Morgan fingerprint density at radius 3 is 2.20 bits per heavy atom. The van der Waals surface area contributed by atoms with Gasteiger partial charge in [-0.15, -0.1) is 0 Å². The van der Waals surface area contributed by atoms with Crippen LogP contribution in [0.5, 0.6) is 17.2 Å². The van der Waals surface area contributed by atoms with E-state index in [1.165, 1.54) is 34.6 Å². The molecular weight excluding hydrogens is 400 g/mol. The molecule has 0 saturated carbocycles. The number of para-hydroxylation sites is 1. The molecule has 0 saturated heterocycles. The van der Waals surface area contributed by atoms with Gasteiger partial charge in [-0.2, -0.15) is 5.26 Å². The molecule has 3 aromatic rings. The van der Waals surface area contributed by atoms with Crippen molar-refractivity contribution in [3.63, 3.8) is 0 Å². The molecule has 0 spiro atoms. The predicted octanol–water partition coefficient (Wildman–Crippen LogP) is 4.91. The van der Waals surface area contributed by atoms with Crippen molar-refractivity contribution in [2.75, 3.05) is 10.8 Å². The van der Waals surface area contributed by atoms with E-state index < -0.39 is 10.0 Å². The number of sulfonamides is 1. The molecule has 6 nitrogen and oxygen atoms in total. The highest BCUT2D eigenvalue weighted by atomic mass is 32.2. The Morgan fingerprint density at radius 1 is 1.00 bits per heavy atom. The lowest BCUT2D eigenvalue weighted by atomic mass is 10.2. The van der Waals surface area contributed by atoms with Crippen LogP contribution in [-0.2, 0) is 10.0 Å². The fraction of sp³-hybridized carbons (Fsp3) is 0.174. The summed E-state index contributed by atoms with van der Waals surface area (Å²) in [7, 11) is -3.89. The molecular formula is C23H22N2O4S. The maximum absolute atomic E-state index is 13.3. The Morgan fingerprint density at radius 2 is 1.63 bits per heavy atom. The number of nitrogens with zero attached hydrogens (tertiary/aromatic N) is 2. The molecule has 0 unspecified atom stereocenters. The molecule has 0 aliphatic carbocycles. The van der Waals surface area contributed by atoms with Crippen molar-refractivity contribution >= 4 is 15.7 Å². The average Bonchev–Trinajstić information content (AvgIpc) is 2.73. The van der Waals surface area contributed by atoms with Gasteiger partial charge < -0.3 is 9.84 Å². The van der Waals surface area contributed by atoms with Gasteiger partial charge in [-0.05, 0) is 54.4 Å². The van der Waals surface area contributed by atoms with Crippen LogP contribution in [0, 0.1) is 17.2 Å². The van der Waals surface area contributed by atoms with E-state index in [9.17, 15) is 13.5 Å². The van der Waals surface area contributed by atoms with E-state index >= 15 is 0 Å². The summed E-state index contributed by atoms with van der Waals surface area (Å²) in [6.45, 7) is 4.03. The second-order valence-electron chi connectivity index (χ2n) is 7.13. The maximum atomic E-state index is 13.3. The second kappa shape index (κ2) is 8.89. The summed E-state index contributed by atoms with van der Waals surface area (Å²) in [4.78, 5) is 0.104. The van der Waals surface area contributed by atoms with Crippen LogP contribution in [0.25, 0.3) is 0 Å². The Bertz CT molecular complexity index is 1150. The van der Waals surface area contributed by atoms with Crippen LogP contribution in [0.4, 0.5) is 5.69 Å². The summed E-state index contributed by atoms with van der Waals surface area (Å²) in [5, 5.41) is 19.0. The summed E-state index contributed by atoms with van der Waals surface area (Å²) in [6, 6.07) is 21.5. The molecule has 0 aromatic heterocycles. The number of rotatable bonds is 7.